The number of nitrogens with one attached hydrogen (secondary N) is 1. The predicted octanol–water partition coefficient (Wildman–Crippen LogP) is 1.55. The van der Waals surface area contributed by atoms with Crippen LogP contribution in [-0.4, -0.2) is 30.3 Å². The Labute approximate surface area is 126 Å². The lowest BCUT2D eigenvalue weighted by Crippen LogP contribution is -2.42. The second-order valence-electron chi connectivity index (χ2n) is 4.04. The van der Waals surface area contributed by atoms with Gasteiger partial charge in [-0.25, -0.2) is 9.59 Å². The maximum atomic E-state index is 11.5. The van der Waals surface area contributed by atoms with E-state index in [-0.39, 0.29) is 0 Å². The van der Waals surface area contributed by atoms with Crippen LogP contribution in [-0.2, 0) is 14.3 Å². The lowest BCUT2D eigenvalue weighted by atomic mass is 10.2. The van der Waals surface area contributed by atoms with Gasteiger partial charge in [0.2, 0.25) is 0 Å². The number of carbonyl (C=O) groups is 3. The smallest absolute Gasteiger partial charge is 0.331 e. The van der Waals surface area contributed by atoms with Gasteiger partial charge in [0, 0.05) is 11.0 Å². The quantitative estimate of drug-likeness (QED) is 0.488. The molecule has 0 aliphatic heterocycles. The third-order valence-corrected chi connectivity index (χ3v) is 3.18. The zero-order valence-electron chi connectivity index (χ0n) is 11.7. The zero-order valence-corrected chi connectivity index (χ0v) is 12.5. The zero-order chi connectivity index (χ0) is 15.8. The molecule has 0 fully saturated rings. The monoisotopic (exact) mass is 308 g/mol. The minimum atomic E-state index is -1.10. The van der Waals surface area contributed by atoms with Gasteiger partial charge in [0.15, 0.2) is 6.10 Å². The van der Waals surface area contributed by atoms with E-state index < -0.39 is 24.0 Å². The van der Waals surface area contributed by atoms with Crippen molar-refractivity contribution in [2.75, 3.05) is 6.26 Å². The van der Waals surface area contributed by atoms with Crippen LogP contribution in [0.2, 0.25) is 0 Å². The third-order valence-electron chi connectivity index (χ3n) is 2.44. The molecule has 1 aromatic rings. The van der Waals surface area contributed by atoms with E-state index in [0.29, 0.717) is 0 Å². The summed E-state index contributed by atoms with van der Waals surface area (Å²) in [5.74, 6) is -1.45. The van der Waals surface area contributed by atoms with Gasteiger partial charge in [0.1, 0.15) is 0 Å². The first-order valence-corrected chi connectivity index (χ1v) is 7.28. The van der Waals surface area contributed by atoms with Gasteiger partial charge in [-0.2, -0.15) is 0 Å². The highest BCUT2D eigenvalue weighted by Gasteiger charge is 2.17. The molecule has 6 nitrogen and oxygen atoms in total. The van der Waals surface area contributed by atoms with Crippen LogP contribution in [0.15, 0.2) is 35.2 Å². The van der Waals surface area contributed by atoms with Gasteiger partial charge in [-0.15, -0.1) is 11.8 Å². The number of ether oxygens (including phenoxy) is 1. The second-order valence-corrected chi connectivity index (χ2v) is 4.92. The first kappa shape index (κ1) is 16.8. The van der Waals surface area contributed by atoms with Crippen molar-refractivity contribution in [1.29, 1.82) is 0 Å². The molecule has 0 aliphatic rings. The number of hydrogen-bond donors (Lipinski definition) is 2. The molecule has 1 atom stereocenters. The van der Waals surface area contributed by atoms with Crippen molar-refractivity contribution in [2.45, 2.75) is 17.9 Å². The number of benzene rings is 1. The Hall–Kier alpha value is -2.28. The van der Waals surface area contributed by atoms with Gasteiger partial charge in [0.05, 0.1) is 0 Å². The number of hydrogen-bond acceptors (Lipinski definition) is 5. The third kappa shape index (κ3) is 6.13. The number of nitrogens with two attached hydrogens (primary N) is 1. The molecule has 0 radical (unpaired) electrons. The highest BCUT2D eigenvalue weighted by molar-refractivity contribution is 7.98. The first-order chi connectivity index (χ1) is 9.92. The molecule has 0 bridgehead atoms. The van der Waals surface area contributed by atoms with E-state index in [1.807, 2.05) is 35.8 Å². The van der Waals surface area contributed by atoms with Gasteiger partial charge in [0.25, 0.3) is 5.91 Å². The van der Waals surface area contributed by atoms with Gasteiger partial charge in [-0.3, -0.25) is 10.1 Å². The van der Waals surface area contributed by atoms with E-state index in [1.54, 1.807) is 17.8 Å². The lowest BCUT2D eigenvalue weighted by Gasteiger charge is -2.10. The summed E-state index contributed by atoms with van der Waals surface area (Å²) in [5.41, 5.74) is 5.63. The van der Waals surface area contributed by atoms with Crippen LogP contribution >= 0.6 is 11.8 Å². The minimum absolute atomic E-state index is 0.684. The molecule has 1 rings (SSSR count). The van der Waals surface area contributed by atoms with E-state index in [9.17, 15) is 14.4 Å². The van der Waals surface area contributed by atoms with Crippen molar-refractivity contribution in [1.82, 2.24) is 5.32 Å². The van der Waals surface area contributed by atoms with E-state index in [4.69, 9.17) is 10.5 Å². The van der Waals surface area contributed by atoms with Crippen LogP contribution in [0.3, 0.4) is 0 Å². The molecular formula is C14H16N2O4S. The molecule has 3 N–H and O–H groups in total. The average Bonchev–Trinajstić information content (AvgIpc) is 2.44. The molecule has 1 aromatic carbocycles. The highest BCUT2D eigenvalue weighted by Crippen LogP contribution is 2.15. The number of urea groups is 1. The maximum Gasteiger partial charge on any atom is 0.331 e. The van der Waals surface area contributed by atoms with Crippen LogP contribution in [0.1, 0.15) is 12.5 Å². The molecule has 7 heteroatoms. The molecule has 0 unspecified atom stereocenters. The summed E-state index contributed by atoms with van der Waals surface area (Å²) in [6.07, 6.45) is 3.65. The fourth-order valence-corrected chi connectivity index (χ4v) is 1.78. The standard InChI is InChI=1S/C14H16N2O4S/c1-9(13(18)16-14(15)19)20-12(17)8-5-10-3-6-11(21-2)7-4-10/h3-9H,1-2H3,(H3,15,16,18,19)/b8-5+/t9-/m1/s1. The Morgan fingerprint density at radius 1 is 1.29 bits per heavy atom. The number of rotatable bonds is 5. The summed E-state index contributed by atoms with van der Waals surface area (Å²) in [4.78, 5) is 34.5. The molecule has 0 heterocycles. The molecule has 0 aliphatic carbocycles. The normalized spacial score (nSPS) is 11.9. The molecule has 21 heavy (non-hydrogen) atoms. The second kappa shape index (κ2) is 8.11. The number of amides is 3. The van der Waals surface area contributed by atoms with E-state index >= 15 is 0 Å². The SMILES string of the molecule is CSc1ccc(/C=C/C(=O)O[C@H](C)C(=O)NC(N)=O)cc1. The van der Waals surface area contributed by atoms with Crippen LogP contribution in [0.25, 0.3) is 6.08 Å². The molecule has 3 amide bonds. The van der Waals surface area contributed by atoms with Crippen LogP contribution in [0, 0.1) is 0 Å². The summed E-state index contributed by atoms with van der Waals surface area (Å²) in [5, 5.41) is 1.83. The van der Waals surface area contributed by atoms with E-state index in [0.717, 1.165) is 10.5 Å². The summed E-state index contributed by atoms with van der Waals surface area (Å²) in [7, 11) is 0. The van der Waals surface area contributed by atoms with Crippen molar-refractivity contribution in [3.8, 4) is 0 Å². The van der Waals surface area contributed by atoms with Crippen LogP contribution in [0.4, 0.5) is 4.79 Å². The highest BCUT2D eigenvalue weighted by atomic mass is 32.2. The van der Waals surface area contributed by atoms with Crippen LogP contribution < -0.4 is 11.1 Å². The van der Waals surface area contributed by atoms with Gasteiger partial charge < -0.3 is 10.5 Å². The maximum absolute atomic E-state index is 11.5. The van der Waals surface area contributed by atoms with Crippen molar-refractivity contribution in [2.24, 2.45) is 5.73 Å². The number of primary amides is 1. The Morgan fingerprint density at radius 3 is 2.43 bits per heavy atom. The molecule has 112 valence electrons. The van der Waals surface area contributed by atoms with E-state index in [1.165, 1.54) is 13.0 Å². The summed E-state index contributed by atoms with van der Waals surface area (Å²) in [6.45, 7) is 1.34. The fraction of sp³-hybridized carbons (Fsp3) is 0.214. The largest absolute Gasteiger partial charge is 0.449 e. The van der Waals surface area contributed by atoms with Crippen molar-refractivity contribution in [3.05, 3.63) is 35.9 Å². The fourth-order valence-electron chi connectivity index (χ4n) is 1.37. The topological polar surface area (TPSA) is 98.5 Å². The summed E-state index contributed by atoms with van der Waals surface area (Å²) >= 11 is 1.62. The summed E-state index contributed by atoms with van der Waals surface area (Å²) in [6, 6.07) is 6.59. The Kier molecular flexibility index (Phi) is 6.48. The van der Waals surface area contributed by atoms with Crippen molar-refractivity contribution >= 4 is 35.7 Å². The van der Waals surface area contributed by atoms with E-state index in [2.05, 4.69) is 0 Å². The number of imide groups is 1. The number of carbonyl (C=O) groups excluding carboxylic acids is 3. The Morgan fingerprint density at radius 2 is 1.90 bits per heavy atom. The molecule has 0 spiro atoms. The van der Waals surface area contributed by atoms with Gasteiger partial charge in [-0.05, 0) is 37.0 Å². The first-order valence-electron chi connectivity index (χ1n) is 6.05. The van der Waals surface area contributed by atoms with Crippen molar-refractivity contribution in [3.63, 3.8) is 0 Å². The number of esters is 1. The summed E-state index contributed by atoms with van der Waals surface area (Å²) < 4.78 is 4.83. The van der Waals surface area contributed by atoms with Gasteiger partial charge >= 0.3 is 12.0 Å². The Bertz CT molecular complexity index is 555. The van der Waals surface area contributed by atoms with Crippen LogP contribution in [0.5, 0.6) is 0 Å². The molecule has 0 saturated carbocycles. The lowest BCUT2D eigenvalue weighted by molar-refractivity contribution is -0.149. The Balaban J connectivity index is 2.53. The minimum Gasteiger partial charge on any atom is -0.449 e. The number of thioether (sulfide) groups is 1. The predicted molar refractivity (Wildman–Crippen MR) is 80.5 cm³/mol. The average molecular weight is 308 g/mol. The molecule has 0 aromatic heterocycles. The molecule has 0 saturated heterocycles. The van der Waals surface area contributed by atoms with Gasteiger partial charge in [-0.1, -0.05) is 12.1 Å². The van der Waals surface area contributed by atoms with Crippen molar-refractivity contribution < 1.29 is 19.1 Å². The molecular weight excluding hydrogens is 292 g/mol.